The minimum absolute atomic E-state index is 0.0775. The highest BCUT2D eigenvalue weighted by atomic mass is 35.5. The summed E-state index contributed by atoms with van der Waals surface area (Å²) in [6.45, 7) is 2.53. The summed E-state index contributed by atoms with van der Waals surface area (Å²) in [5.74, 6) is 0.161. The van der Waals surface area contributed by atoms with Crippen LogP contribution < -0.4 is 21.3 Å². The summed E-state index contributed by atoms with van der Waals surface area (Å²) < 4.78 is 17.7. The minimum Gasteiger partial charge on any atom is -0.612 e. The van der Waals surface area contributed by atoms with Crippen LogP contribution in [0.1, 0.15) is 33.0 Å². The Morgan fingerprint density at radius 2 is 2.03 bits per heavy atom. The van der Waals surface area contributed by atoms with Crippen LogP contribution in [0.15, 0.2) is 53.6 Å². The zero-order valence-electron chi connectivity index (χ0n) is 18.8. The van der Waals surface area contributed by atoms with Gasteiger partial charge in [0.1, 0.15) is 29.2 Å². The normalized spacial score (nSPS) is 11.6. The Morgan fingerprint density at radius 3 is 2.71 bits per heavy atom. The van der Waals surface area contributed by atoms with Crippen molar-refractivity contribution in [3.05, 3.63) is 70.6 Å². The van der Waals surface area contributed by atoms with Gasteiger partial charge in [0, 0.05) is 23.5 Å². The number of amides is 1. The fourth-order valence-electron chi connectivity index (χ4n) is 3.11. The molecule has 0 aliphatic carbocycles. The van der Waals surface area contributed by atoms with Crippen LogP contribution in [0.5, 0.6) is 5.75 Å². The highest BCUT2D eigenvalue weighted by molar-refractivity contribution is 7.90. The van der Waals surface area contributed by atoms with E-state index in [-0.39, 0.29) is 18.7 Å². The lowest BCUT2D eigenvalue weighted by Gasteiger charge is -2.14. The number of aromatic nitrogens is 2. The fourth-order valence-corrected chi connectivity index (χ4v) is 3.76. The Kier molecular flexibility index (Phi) is 9.06. The number of halogens is 1. The highest BCUT2D eigenvalue weighted by Gasteiger charge is 2.22. The van der Waals surface area contributed by atoms with Gasteiger partial charge in [0.05, 0.1) is 11.6 Å². The van der Waals surface area contributed by atoms with Crippen LogP contribution in [0.2, 0.25) is 5.02 Å². The molecule has 0 spiro atoms. The molecular weight excluding hydrogens is 475 g/mol. The molecule has 0 bridgehead atoms. The van der Waals surface area contributed by atoms with Crippen LogP contribution in [-0.4, -0.2) is 52.8 Å². The monoisotopic (exact) mass is 498 g/mol. The second-order valence-corrected chi connectivity index (χ2v) is 9.29. The van der Waals surface area contributed by atoms with E-state index < -0.39 is 17.1 Å². The van der Waals surface area contributed by atoms with E-state index >= 15 is 0 Å². The number of anilines is 1. The smallest absolute Gasteiger partial charge is 0.274 e. The van der Waals surface area contributed by atoms with E-state index in [1.807, 2.05) is 0 Å². The van der Waals surface area contributed by atoms with Gasteiger partial charge in [-0.15, -0.1) is 0 Å². The van der Waals surface area contributed by atoms with Crippen molar-refractivity contribution in [3.63, 3.8) is 0 Å². The van der Waals surface area contributed by atoms with Crippen LogP contribution >= 0.6 is 11.6 Å². The lowest BCUT2D eigenvalue weighted by atomic mass is 9.63. The van der Waals surface area contributed by atoms with Gasteiger partial charge in [0.25, 0.3) is 5.91 Å². The summed E-state index contributed by atoms with van der Waals surface area (Å²) in [7, 11) is -0.0775. The number of carbonyl (C=O) groups is 2. The second-order valence-electron chi connectivity index (χ2n) is 7.48. The molecule has 11 heteroatoms. The van der Waals surface area contributed by atoms with Crippen molar-refractivity contribution in [2.45, 2.75) is 18.2 Å². The fraction of sp³-hybridized carbons (Fsp3) is 0.217. The zero-order valence-corrected chi connectivity index (χ0v) is 20.4. The maximum absolute atomic E-state index is 13.2. The van der Waals surface area contributed by atoms with Gasteiger partial charge < -0.3 is 25.1 Å². The molecule has 0 aliphatic rings. The predicted octanol–water partition coefficient (Wildman–Crippen LogP) is 2.06. The van der Waals surface area contributed by atoms with Gasteiger partial charge in [0.15, 0.2) is 4.90 Å². The number of carbonyl (C=O) groups excluding carboxylic acids is 2. The molecule has 1 aromatic carbocycles. The van der Waals surface area contributed by atoms with Crippen LogP contribution in [0, 0.1) is 6.92 Å². The first-order valence-corrected chi connectivity index (χ1v) is 12.4. The zero-order chi connectivity index (χ0) is 24.7. The van der Waals surface area contributed by atoms with Crippen molar-refractivity contribution in [2.75, 3.05) is 24.7 Å². The molecule has 0 radical (unpaired) electrons. The molecule has 176 valence electrons. The number of hydrogen-bond acceptors (Lipinski definition) is 7. The first-order valence-electron chi connectivity index (χ1n) is 10.5. The molecule has 0 saturated carbocycles. The van der Waals surface area contributed by atoms with Gasteiger partial charge in [-0.05, 0) is 66.9 Å². The van der Waals surface area contributed by atoms with Crippen molar-refractivity contribution < 1.29 is 18.9 Å². The standard InChI is InChI=1S/C23H24BClN4O4S/c1-14-4-8-18(21(28-14)23(31)29-20-9-5-15(25)13-27-20)24-22(30)17-7-6-16(34(2)32)12-19(17)33-11-3-10-26/h4-9,12-13,24H,3,10-11,26H2,1-2H3,(H,27,29,31). The molecule has 0 fully saturated rings. The topological polar surface area (TPSA) is 130 Å². The molecular formula is C23H24BClN4O4S. The maximum Gasteiger partial charge on any atom is 0.274 e. The quantitative estimate of drug-likeness (QED) is 0.248. The van der Waals surface area contributed by atoms with E-state index in [1.165, 1.54) is 6.20 Å². The van der Waals surface area contributed by atoms with E-state index in [2.05, 4.69) is 15.3 Å². The number of nitrogens with two attached hydrogens (primary N) is 1. The van der Waals surface area contributed by atoms with E-state index in [1.54, 1.807) is 55.6 Å². The van der Waals surface area contributed by atoms with Gasteiger partial charge in [-0.3, -0.25) is 4.79 Å². The van der Waals surface area contributed by atoms with Gasteiger partial charge in [-0.1, -0.05) is 17.7 Å². The molecule has 1 atom stereocenters. The number of benzene rings is 1. The van der Waals surface area contributed by atoms with Crippen molar-refractivity contribution >= 4 is 52.9 Å². The van der Waals surface area contributed by atoms with Crippen molar-refractivity contribution in [1.82, 2.24) is 9.97 Å². The summed E-state index contributed by atoms with van der Waals surface area (Å²) in [5.41, 5.74) is 6.82. The van der Waals surface area contributed by atoms with Gasteiger partial charge >= 0.3 is 0 Å². The maximum atomic E-state index is 13.2. The number of rotatable bonds is 10. The molecule has 1 unspecified atom stereocenters. The molecule has 34 heavy (non-hydrogen) atoms. The second kappa shape index (κ2) is 12.0. The van der Waals surface area contributed by atoms with Gasteiger partial charge in [0.2, 0.25) is 7.28 Å². The Balaban J connectivity index is 1.87. The summed E-state index contributed by atoms with van der Waals surface area (Å²) >= 11 is 4.62. The Bertz CT molecular complexity index is 1180. The average Bonchev–Trinajstić information content (AvgIpc) is 2.81. The largest absolute Gasteiger partial charge is 0.612 e. The lowest BCUT2D eigenvalue weighted by Crippen LogP contribution is -2.33. The molecule has 1 amide bonds. The first-order chi connectivity index (χ1) is 16.3. The first kappa shape index (κ1) is 25.7. The molecule has 3 rings (SSSR count). The van der Waals surface area contributed by atoms with Gasteiger partial charge in [-0.2, -0.15) is 0 Å². The van der Waals surface area contributed by atoms with Crippen molar-refractivity contribution in [2.24, 2.45) is 5.73 Å². The van der Waals surface area contributed by atoms with E-state index in [4.69, 9.17) is 22.1 Å². The van der Waals surface area contributed by atoms with Crippen LogP contribution in [-0.2, 0) is 11.2 Å². The SMILES string of the molecule is Cc1ccc(BC(=O)c2ccc([S+](C)[O-])cc2OCCCN)c(C(=O)Nc2ccc(Cl)cn2)n1. The average molecular weight is 499 g/mol. The number of nitrogens with one attached hydrogen (secondary N) is 1. The highest BCUT2D eigenvalue weighted by Crippen LogP contribution is 2.24. The van der Waals surface area contributed by atoms with Crippen LogP contribution in [0.4, 0.5) is 5.82 Å². The number of hydrogen-bond donors (Lipinski definition) is 2. The Labute approximate surface area is 206 Å². The third kappa shape index (κ3) is 6.80. The number of ether oxygens (including phenoxy) is 1. The summed E-state index contributed by atoms with van der Waals surface area (Å²) in [6, 6.07) is 11.5. The summed E-state index contributed by atoms with van der Waals surface area (Å²) in [5, 5.41) is 3.12. The van der Waals surface area contributed by atoms with Crippen molar-refractivity contribution in [1.29, 1.82) is 0 Å². The molecule has 2 aromatic heterocycles. The summed E-state index contributed by atoms with van der Waals surface area (Å²) in [6.07, 6.45) is 3.58. The van der Waals surface area contributed by atoms with E-state index in [0.717, 1.165) is 0 Å². The molecule has 2 heterocycles. The minimum atomic E-state index is -1.23. The number of aryl methyl sites for hydroxylation is 1. The molecule has 8 nitrogen and oxygen atoms in total. The van der Waals surface area contributed by atoms with E-state index in [9.17, 15) is 14.1 Å². The van der Waals surface area contributed by atoms with Crippen LogP contribution in [0.3, 0.4) is 0 Å². The van der Waals surface area contributed by atoms with E-state index in [0.29, 0.717) is 57.8 Å². The molecule has 0 saturated heterocycles. The third-order valence-corrected chi connectivity index (χ3v) is 5.99. The number of nitrogens with zero attached hydrogens (tertiary/aromatic N) is 2. The predicted molar refractivity (Wildman–Crippen MR) is 135 cm³/mol. The Morgan fingerprint density at radius 1 is 1.24 bits per heavy atom. The molecule has 0 aliphatic heterocycles. The van der Waals surface area contributed by atoms with Crippen LogP contribution in [0.25, 0.3) is 0 Å². The van der Waals surface area contributed by atoms with Gasteiger partial charge in [-0.25, -0.2) is 9.97 Å². The Hall–Kier alpha value is -2.92. The molecule has 3 N–H and O–H groups in total. The third-order valence-electron chi connectivity index (χ3n) is 4.84. The molecule has 3 aromatic rings. The lowest BCUT2D eigenvalue weighted by molar-refractivity contribution is 0.102. The summed E-state index contributed by atoms with van der Waals surface area (Å²) in [4.78, 5) is 35.1. The van der Waals surface area contributed by atoms with Crippen molar-refractivity contribution in [3.8, 4) is 5.75 Å². The number of pyridine rings is 2.